The van der Waals surface area contributed by atoms with Crippen LogP contribution >= 0.6 is 0 Å². The molecule has 0 unspecified atom stereocenters. The third-order valence-electron chi connectivity index (χ3n) is 4.88. The molecule has 0 saturated heterocycles. The van der Waals surface area contributed by atoms with E-state index in [1.54, 1.807) is 10.9 Å². The van der Waals surface area contributed by atoms with E-state index in [4.69, 9.17) is 4.74 Å². The van der Waals surface area contributed by atoms with Crippen LogP contribution < -0.4 is 10.6 Å². The lowest BCUT2D eigenvalue weighted by atomic mass is 9.83. The van der Waals surface area contributed by atoms with Crippen LogP contribution in [0, 0.1) is 5.92 Å². The van der Waals surface area contributed by atoms with Gasteiger partial charge in [0.15, 0.2) is 5.69 Å². The van der Waals surface area contributed by atoms with Crippen molar-refractivity contribution in [2.45, 2.75) is 51.3 Å². The number of H-pyrrole nitrogens is 1. The van der Waals surface area contributed by atoms with Crippen LogP contribution in [0.1, 0.15) is 48.7 Å². The van der Waals surface area contributed by atoms with Gasteiger partial charge in [-0.25, -0.2) is 0 Å². The fraction of sp³-hybridized carbons (Fsp3) is 0.611. The Morgan fingerprint density at radius 2 is 2.21 bits per heavy atom. The lowest BCUT2D eigenvalue weighted by molar-refractivity contribution is -0.127. The maximum atomic E-state index is 12.6. The van der Waals surface area contributed by atoms with Gasteiger partial charge in [0.2, 0.25) is 5.91 Å². The van der Waals surface area contributed by atoms with Crippen LogP contribution in [0.25, 0.3) is 0 Å². The Labute approximate surface area is 163 Å². The van der Waals surface area contributed by atoms with Gasteiger partial charge in [-0.15, -0.1) is 0 Å². The lowest BCUT2D eigenvalue weighted by Crippen LogP contribution is -2.50. The van der Waals surface area contributed by atoms with Gasteiger partial charge < -0.3 is 15.4 Å². The van der Waals surface area contributed by atoms with E-state index in [2.05, 4.69) is 31.1 Å². The lowest BCUT2D eigenvalue weighted by Gasteiger charge is -2.35. The first-order valence-corrected chi connectivity index (χ1v) is 9.60. The minimum absolute atomic E-state index is 0.0153. The Bertz CT molecular complexity index is 774. The molecule has 3 rings (SSSR count). The summed E-state index contributed by atoms with van der Waals surface area (Å²) in [6.45, 7) is 3.11. The molecule has 10 nitrogen and oxygen atoms in total. The summed E-state index contributed by atoms with van der Waals surface area (Å²) in [5.41, 5.74) is 1.17. The summed E-state index contributed by atoms with van der Waals surface area (Å²) in [6, 6.07) is -0.251. The second kappa shape index (κ2) is 9.45. The van der Waals surface area contributed by atoms with Gasteiger partial charge >= 0.3 is 0 Å². The Morgan fingerprint density at radius 1 is 1.36 bits per heavy atom. The van der Waals surface area contributed by atoms with E-state index in [1.165, 1.54) is 6.20 Å². The average molecular weight is 389 g/mol. The van der Waals surface area contributed by atoms with Gasteiger partial charge in [0, 0.05) is 37.9 Å². The highest BCUT2D eigenvalue weighted by atomic mass is 16.5. The second-order valence-electron chi connectivity index (χ2n) is 7.09. The molecule has 0 radical (unpaired) electrons. The molecule has 2 aromatic heterocycles. The van der Waals surface area contributed by atoms with Crippen molar-refractivity contribution in [3.05, 3.63) is 29.8 Å². The largest absolute Gasteiger partial charge is 0.376 e. The molecule has 1 aliphatic rings. The van der Waals surface area contributed by atoms with Crippen molar-refractivity contribution in [2.75, 3.05) is 6.61 Å². The number of ether oxygens (including phenoxy) is 1. The molecule has 28 heavy (non-hydrogen) atoms. The number of hydrogen-bond donors (Lipinski definition) is 3. The predicted molar refractivity (Wildman–Crippen MR) is 100 cm³/mol. The summed E-state index contributed by atoms with van der Waals surface area (Å²) in [7, 11) is 1.84. The van der Waals surface area contributed by atoms with Crippen LogP contribution in [-0.4, -0.2) is 55.8 Å². The predicted octanol–water partition coefficient (Wildman–Crippen LogP) is 0.548. The van der Waals surface area contributed by atoms with Crippen LogP contribution in [0.2, 0.25) is 0 Å². The normalized spacial score (nSPS) is 22.0. The number of carbonyl (C=O) groups excluding carboxylic acids is 2. The molecule has 3 atom stereocenters. The van der Waals surface area contributed by atoms with Crippen molar-refractivity contribution >= 4 is 11.8 Å². The number of hydrogen-bond acceptors (Lipinski definition) is 6. The Balaban J connectivity index is 1.59. The van der Waals surface area contributed by atoms with Crippen LogP contribution in [0.15, 0.2) is 18.6 Å². The van der Waals surface area contributed by atoms with Gasteiger partial charge in [0.05, 0.1) is 24.5 Å². The number of aromatic amines is 1. The van der Waals surface area contributed by atoms with E-state index in [-0.39, 0.29) is 35.6 Å². The zero-order valence-corrected chi connectivity index (χ0v) is 16.2. The number of carbonyl (C=O) groups is 2. The minimum atomic E-state index is -0.319. The standard InChI is InChI=1S/C18H27N7O3/c1-3-6-28-16-5-4-13(17(26)19-8-12-9-21-25(2)11-12)7-14(16)22-18(27)15-10-20-24-23-15/h9-11,13-14,16H,3-8H2,1-2H3,(H,19,26)(H,22,27)(H,20,23,24)/t13-,14+,16+/m0/s1. The van der Waals surface area contributed by atoms with E-state index in [9.17, 15) is 9.59 Å². The van der Waals surface area contributed by atoms with Crippen LogP contribution in [0.3, 0.4) is 0 Å². The van der Waals surface area contributed by atoms with Gasteiger partial charge in [0.1, 0.15) is 0 Å². The summed E-state index contributed by atoms with van der Waals surface area (Å²) in [4.78, 5) is 25.0. The van der Waals surface area contributed by atoms with E-state index in [0.717, 1.165) is 24.8 Å². The van der Waals surface area contributed by atoms with Gasteiger partial charge in [0.25, 0.3) is 5.91 Å². The van der Waals surface area contributed by atoms with Gasteiger partial charge in [-0.2, -0.15) is 20.5 Å². The molecule has 1 aliphatic carbocycles. The zero-order chi connectivity index (χ0) is 19.9. The summed E-state index contributed by atoms with van der Waals surface area (Å²) in [5, 5.41) is 19.9. The Hall–Kier alpha value is -2.75. The van der Waals surface area contributed by atoms with E-state index < -0.39 is 0 Å². The first-order valence-electron chi connectivity index (χ1n) is 9.60. The molecule has 0 aliphatic heterocycles. The number of amides is 2. The van der Waals surface area contributed by atoms with Gasteiger partial charge in [-0.1, -0.05) is 6.92 Å². The van der Waals surface area contributed by atoms with Gasteiger partial charge in [-0.05, 0) is 25.7 Å². The number of aromatic nitrogens is 5. The molecule has 1 saturated carbocycles. The summed E-state index contributed by atoms with van der Waals surface area (Å²) in [5.74, 6) is -0.514. The molecule has 2 amide bonds. The first kappa shape index (κ1) is 20.0. The third-order valence-corrected chi connectivity index (χ3v) is 4.88. The molecule has 0 spiro atoms. The monoisotopic (exact) mass is 389 g/mol. The Morgan fingerprint density at radius 3 is 2.89 bits per heavy atom. The zero-order valence-electron chi connectivity index (χ0n) is 16.2. The topological polar surface area (TPSA) is 127 Å². The number of nitrogens with zero attached hydrogens (tertiary/aromatic N) is 4. The van der Waals surface area contributed by atoms with Crippen LogP contribution in [0.4, 0.5) is 0 Å². The summed E-state index contributed by atoms with van der Waals surface area (Å²) >= 11 is 0. The number of rotatable bonds is 8. The van der Waals surface area contributed by atoms with E-state index >= 15 is 0 Å². The highest BCUT2D eigenvalue weighted by molar-refractivity contribution is 5.92. The molecule has 1 fully saturated rings. The average Bonchev–Trinajstić information content (AvgIpc) is 3.37. The number of aryl methyl sites for hydroxylation is 1. The van der Waals surface area contributed by atoms with E-state index in [0.29, 0.717) is 19.6 Å². The molecule has 2 heterocycles. The quantitative estimate of drug-likeness (QED) is 0.605. The molecule has 2 aromatic rings. The van der Waals surface area contributed by atoms with Crippen molar-refractivity contribution in [3.8, 4) is 0 Å². The van der Waals surface area contributed by atoms with Crippen molar-refractivity contribution < 1.29 is 14.3 Å². The van der Waals surface area contributed by atoms with Crippen molar-refractivity contribution in [3.63, 3.8) is 0 Å². The van der Waals surface area contributed by atoms with Crippen molar-refractivity contribution in [2.24, 2.45) is 13.0 Å². The first-order chi connectivity index (χ1) is 13.6. The maximum absolute atomic E-state index is 12.6. The second-order valence-corrected chi connectivity index (χ2v) is 7.09. The van der Waals surface area contributed by atoms with E-state index in [1.807, 2.05) is 20.2 Å². The smallest absolute Gasteiger partial charge is 0.273 e. The highest BCUT2D eigenvalue weighted by Crippen LogP contribution is 2.27. The minimum Gasteiger partial charge on any atom is -0.376 e. The molecule has 0 bridgehead atoms. The Kier molecular flexibility index (Phi) is 6.75. The third kappa shape index (κ3) is 5.16. The fourth-order valence-electron chi connectivity index (χ4n) is 3.45. The van der Waals surface area contributed by atoms with Crippen molar-refractivity contribution in [1.82, 2.24) is 35.8 Å². The molecule has 0 aromatic carbocycles. The fourth-order valence-corrected chi connectivity index (χ4v) is 3.45. The summed E-state index contributed by atoms with van der Waals surface area (Å²) in [6.07, 6.45) is 7.73. The van der Waals surface area contributed by atoms with Crippen molar-refractivity contribution in [1.29, 1.82) is 0 Å². The molecular formula is C18H27N7O3. The van der Waals surface area contributed by atoms with Gasteiger partial charge in [-0.3, -0.25) is 14.3 Å². The molecule has 3 N–H and O–H groups in total. The van der Waals surface area contributed by atoms with Crippen LogP contribution in [-0.2, 0) is 23.1 Å². The molecule has 10 heteroatoms. The van der Waals surface area contributed by atoms with Crippen LogP contribution in [0.5, 0.6) is 0 Å². The SMILES string of the molecule is CCCO[C@@H]1CC[C@H](C(=O)NCc2cnn(C)c2)C[C@H]1NC(=O)c1cn[nH]n1. The highest BCUT2D eigenvalue weighted by Gasteiger charge is 2.35. The summed E-state index contributed by atoms with van der Waals surface area (Å²) < 4.78 is 7.62. The maximum Gasteiger partial charge on any atom is 0.273 e. The molecular weight excluding hydrogens is 362 g/mol. The number of nitrogens with one attached hydrogen (secondary N) is 3. The molecule has 152 valence electrons.